The molecule has 1 saturated heterocycles. The van der Waals surface area contributed by atoms with Crippen molar-refractivity contribution < 1.29 is 18.0 Å². The van der Waals surface area contributed by atoms with Crippen molar-refractivity contribution in [2.45, 2.75) is 19.0 Å². The highest BCUT2D eigenvalue weighted by atomic mass is 19.4. The molecular weight excluding hydrogens is 347 g/mol. The third-order valence-electron chi connectivity index (χ3n) is 4.53. The summed E-state index contributed by atoms with van der Waals surface area (Å²) in [7, 11) is 1.90. The van der Waals surface area contributed by atoms with E-state index >= 15 is 0 Å². The van der Waals surface area contributed by atoms with Gasteiger partial charge in [-0.15, -0.1) is 0 Å². The number of hydrogen-bond acceptors (Lipinski definition) is 4. The zero-order valence-corrected chi connectivity index (χ0v) is 14.3. The molecule has 26 heavy (non-hydrogen) atoms. The molecule has 0 saturated carbocycles. The number of halogens is 3. The summed E-state index contributed by atoms with van der Waals surface area (Å²) in [6.07, 6.45) is 1.29. The van der Waals surface area contributed by atoms with Crippen LogP contribution in [0.15, 0.2) is 30.7 Å². The Labute approximate surface area is 149 Å². The van der Waals surface area contributed by atoms with Gasteiger partial charge in [0.1, 0.15) is 11.6 Å². The van der Waals surface area contributed by atoms with E-state index in [1.165, 1.54) is 6.07 Å². The SMILES string of the molecule is Cn1ccnc1CCNC(=O)[C@H]1CCN(c2ccc(C(F)(F)F)cn2)C1. The Hall–Kier alpha value is -2.58. The first-order chi connectivity index (χ1) is 12.3. The second-order valence-corrected chi connectivity index (χ2v) is 6.33. The van der Waals surface area contributed by atoms with Crippen LogP contribution in [0.3, 0.4) is 0 Å². The predicted octanol–water partition coefficient (Wildman–Crippen LogP) is 2.02. The highest BCUT2D eigenvalue weighted by Crippen LogP contribution is 2.30. The maximum atomic E-state index is 12.6. The lowest BCUT2D eigenvalue weighted by molar-refractivity contribution is -0.137. The van der Waals surface area contributed by atoms with Crippen LogP contribution in [0.5, 0.6) is 0 Å². The predicted molar refractivity (Wildman–Crippen MR) is 89.5 cm³/mol. The fourth-order valence-electron chi connectivity index (χ4n) is 3.00. The summed E-state index contributed by atoms with van der Waals surface area (Å²) in [5.74, 6) is 1.11. The zero-order valence-electron chi connectivity index (χ0n) is 14.3. The van der Waals surface area contributed by atoms with Gasteiger partial charge in [-0.05, 0) is 18.6 Å². The van der Waals surface area contributed by atoms with Crippen LogP contribution in [0, 0.1) is 5.92 Å². The van der Waals surface area contributed by atoms with Gasteiger partial charge in [-0.25, -0.2) is 9.97 Å². The van der Waals surface area contributed by atoms with E-state index < -0.39 is 11.7 Å². The van der Waals surface area contributed by atoms with Gasteiger partial charge in [-0.3, -0.25) is 4.79 Å². The molecule has 1 aliphatic heterocycles. The quantitative estimate of drug-likeness (QED) is 0.878. The summed E-state index contributed by atoms with van der Waals surface area (Å²) in [4.78, 5) is 22.2. The van der Waals surface area contributed by atoms with E-state index in [1.54, 1.807) is 6.20 Å². The normalized spacial score (nSPS) is 17.5. The van der Waals surface area contributed by atoms with Gasteiger partial charge < -0.3 is 14.8 Å². The van der Waals surface area contributed by atoms with Crippen molar-refractivity contribution in [3.63, 3.8) is 0 Å². The molecule has 1 atom stereocenters. The molecule has 0 radical (unpaired) electrons. The molecule has 3 heterocycles. The molecule has 0 unspecified atom stereocenters. The number of pyridine rings is 1. The first-order valence-electron chi connectivity index (χ1n) is 8.36. The smallest absolute Gasteiger partial charge is 0.356 e. The second kappa shape index (κ2) is 7.35. The van der Waals surface area contributed by atoms with E-state index in [0.717, 1.165) is 18.1 Å². The fourth-order valence-corrected chi connectivity index (χ4v) is 3.00. The molecule has 2 aromatic heterocycles. The molecule has 140 valence electrons. The van der Waals surface area contributed by atoms with E-state index in [1.807, 2.05) is 22.7 Å². The van der Waals surface area contributed by atoms with Gasteiger partial charge in [0, 0.05) is 51.7 Å². The molecule has 3 rings (SSSR count). The fraction of sp³-hybridized carbons (Fsp3) is 0.471. The first-order valence-corrected chi connectivity index (χ1v) is 8.36. The summed E-state index contributed by atoms with van der Waals surface area (Å²) in [6, 6.07) is 2.37. The zero-order chi connectivity index (χ0) is 18.7. The number of nitrogens with one attached hydrogen (secondary N) is 1. The number of aromatic nitrogens is 3. The number of rotatable bonds is 5. The van der Waals surface area contributed by atoms with E-state index in [2.05, 4.69) is 15.3 Å². The van der Waals surface area contributed by atoms with E-state index in [-0.39, 0.29) is 11.8 Å². The molecule has 1 aliphatic rings. The highest BCUT2D eigenvalue weighted by molar-refractivity contribution is 5.80. The monoisotopic (exact) mass is 367 g/mol. The first kappa shape index (κ1) is 18.2. The average Bonchev–Trinajstić information content (AvgIpc) is 3.24. The van der Waals surface area contributed by atoms with Gasteiger partial charge in [0.25, 0.3) is 0 Å². The number of imidazole rings is 1. The van der Waals surface area contributed by atoms with Crippen molar-refractivity contribution in [2.75, 3.05) is 24.5 Å². The van der Waals surface area contributed by atoms with Crippen LogP contribution in [0.25, 0.3) is 0 Å². The minimum Gasteiger partial charge on any atom is -0.356 e. The summed E-state index contributed by atoms with van der Waals surface area (Å²) < 4.78 is 39.7. The number of anilines is 1. The number of carbonyl (C=O) groups excluding carboxylic acids is 1. The Morgan fingerprint density at radius 3 is 2.77 bits per heavy atom. The van der Waals surface area contributed by atoms with Crippen LogP contribution in [0.1, 0.15) is 17.8 Å². The van der Waals surface area contributed by atoms with Gasteiger partial charge in [-0.1, -0.05) is 0 Å². The lowest BCUT2D eigenvalue weighted by Gasteiger charge is -2.18. The van der Waals surface area contributed by atoms with Gasteiger partial charge in [0.15, 0.2) is 0 Å². The lowest BCUT2D eigenvalue weighted by Crippen LogP contribution is -2.34. The molecule has 9 heteroatoms. The summed E-state index contributed by atoms with van der Waals surface area (Å²) >= 11 is 0. The summed E-state index contributed by atoms with van der Waals surface area (Å²) in [5.41, 5.74) is -0.774. The van der Waals surface area contributed by atoms with Crippen molar-refractivity contribution in [1.82, 2.24) is 19.9 Å². The summed E-state index contributed by atoms with van der Waals surface area (Å²) in [6.45, 7) is 1.54. The van der Waals surface area contributed by atoms with Crippen molar-refractivity contribution in [2.24, 2.45) is 13.0 Å². The van der Waals surface area contributed by atoms with Crippen LogP contribution in [-0.2, 0) is 24.4 Å². The van der Waals surface area contributed by atoms with E-state index in [4.69, 9.17) is 0 Å². The van der Waals surface area contributed by atoms with E-state index in [9.17, 15) is 18.0 Å². The minimum absolute atomic E-state index is 0.0476. The van der Waals surface area contributed by atoms with Crippen LogP contribution in [0.4, 0.5) is 19.0 Å². The lowest BCUT2D eigenvalue weighted by atomic mass is 10.1. The number of carbonyl (C=O) groups is 1. The molecular formula is C17H20F3N5O. The highest BCUT2D eigenvalue weighted by Gasteiger charge is 2.32. The maximum Gasteiger partial charge on any atom is 0.417 e. The Morgan fingerprint density at radius 1 is 1.35 bits per heavy atom. The van der Waals surface area contributed by atoms with Crippen molar-refractivity contribution in [3.8, 4) is 0 Å². The molecule has 0 aromatic carbocycles. The second-order valence-electron chi connectivity index (χ2n) is 6.33. The molecule has 2 aromatic rings. The van der Waals surface area contributed by atoms with Crippen LogP contribution in [-0.4, -0.2) is 40.1 Å². The standard InChI is InChI=1S/C17H20F3N5O/c1-24-9-7-21-14(24)4-6-22-16(26)12-5-8-25(11-12)15-3-2-13(10-23-15)17(18,19)20/h2-3,7,9-10,12H,4-6,8,11H2,1H3,(H,22,26)/t12-/m0/s1. The number of nitrogens with zero attached hydrogens (tertiary/aromatic N) is 4. The van der Waals surface area contributed by atoms with E-state index in [0.29, 0.717) is 38.3 Å². The molecule has 6 nitrogen and oxygen atoms in total. The average molecular weight is 367 g/mol. The van der Waals surface area contributed by atoms with Crippen LogP contribution in [0.2, 0.25) is 0 Å². The van der Waals surface area contributed by atoms with Crippen molar-refractivity contribution in [3.05, 3.63) is 42.1 Å². The molecule has 1 amide bonds. The van der Waals surface area contributed by atoms with Crippen molar-refractivity contribution in [1.29, 1.82) is 0 Å². The molecule has 0 spiro atoms. The van der Waals surface area contributed by atoms with Crippen LogP contribution >= 0.6 is 0 Å². The number of alkyl halides is 3. The van der Waals surface area contributed by atoms with Gasteiger partial charge in [0.05, 0.1) is 11.5 Å². The number of aryl methyl sites for hydroxylation is 1. The Morgan fingerprint density at radius 2 is 2.15 bits per heavy atom. The van der Waals surface area contributed by atoms with Gasteiger partial charge in [-0.2, -0.15) is 13.2 Å². The van der Waals surface area contributed by atoms with Crippen LogP contribution < -0.4 is 10.2 Å². The largest absolute Gasteiger partial charge is 0.417 e. The third kappa shape index (κ3) is 4.14. The number of amides is 1. The Bertz CT molecular complexity index is 757. The van der Waals surface area contributed by atoms with Crippen molar-refractivity contribution >= 4 is 11.7 Å². The molecule has 0 bridgehead atoms. The van der Waals surface area contributed by atoms with Gasteiger partial charge >= 0.3 is 6.18 Å². The maximum absolute atomic E-state index is 12.6. The third-order valence-corrected chi connectivity index (χ3v) is 4.53. The minimum atomic E-state index is -4.40. The number of hydrogen-bond donors (Lipinski definition) is 1. The molecule has 0 aliphatic carbocycles. The van der Waals surface area contributed by atoms with Gasteiger partial charge in [0.2, 0.25) is 5.91 Å². The summed E-state index contributed by atoms with van der Waals surface area (Å²) in [5, 5.41) is 2.90. The molecule has 1 fully saturated rings. The topological polar surface area (TPSA) is 63.1 Å². The Kier molecular flexibility index (Phi) is 5.15. The molecule has 1 N–H and O–H groups in total. The Balaban J connectivity index is 1.50.